The van der Waals surface area contributed by atoms with Gasteiger partial charge < -0.3 is 20.9 Å². The number of para-hydroxylation sites is 1. The van der Waals surface area contributed by atoms with Crippen LogP contribution in [-0.2, 0) is 11.3 Å². The molecule has 2 aliphatic heterocycles. The highest BCUT2D eigenvalue weighted by molar-refractivity contribution is 9.11. The number of benzene rings is 2. The first-order chi connectivity index (χ1) is 15.7. The third kappa shape index (κ3) is 5.09. The number of urea groups is 1. The van der Waals surface area contributed by atoms with Crippen molar-refractivity contribution in [1.82, 2.24) is 9.80 Å². The van der Waals surface area contributed by atoms with Crippen molar-refractivity contribution < 1.29 is 14.4 Å². The van der Waals surface area contributed by atoms with Crippen LogP contribution >= 0.6 is 31.9 Å². The molecule has 3 amide bonds. The largest absolute Gasteiger partial charge is 0.397 e. The van der Waals surface area contributed by atoms with Gasteiger partial charge >= 0.3 is 6.03 Å². The third-order valence-corrected chi connectivity index (χ3v) is 7.70. The number of nitrogens with one attached hydrogen (secondary N) is 1. The Balaban J connectivity index is 1.33. The van der Waals surface area contributed by atoms with Gasteiger partial charge in [-0.1, -0.05) is 25.1 Å². The summed E-state index contributed by atoms with van der Waals surface area (Å²) in [7, 11) is 0. The Labute approximate surface area is 209 Å². The maximum absolute atomic E-state index is 13.0. The minimum Gasteiger partial charge on any atom is -0.397 e. The van der Waals surface area contributed by atoms with Crippen LogP contribution in [0.25, 0.3) is 0 Å². The quantitative estimate of drug-likeness (QED) is 0.384. The van der Waals surface area contributed by atoms with E-state index in [1.165, 1.54) is 0 Å². The van der Waals surface area contributed by atoms with E-state index in [0.717, 1.165) is 24.1 Å². The van der Waals surface area contributed by atoms with E-state index in [2.05, 4.69) is 37.2 Å². The number of anilines is 2. The summed E-state index contributed by atoms with van der Waals surface area (Å²) in [6, 6.07) is 11.2. The second-order valence-corrected chi connectivity index (χ2v) is 10.4. The van der Waals surface area contributed by atoms with Crippen LogP contribution in [-0.4, -0.2) is 46.7 Å². The summed E-state index contributed by atoms with van der Waals surface area (Å²) in [5.74, 6) is -0.547. The molecular weight excluding hydrogens is 552 g/mol. The number of carbonyl (C=O) groups excluding carboxylic acids is 3. The van der Waals surface area contributed by atoms with Crippen LogP contribution < -0.4 is 11.1 Å². The second kappa shape index (κ2) is 9.85. The van der Waals surface area contributed by atoms with Crippen molar-refractivity contribution in [3.63, 3.8) is 0 Å². The van der Waals surface area contributed by atoms with Crippen LogP contribution in [0.2, 0.25) is 0 Å². The number of likely N-dealkylation sites (tertiary alicyclic amines) is 1. The highest BCUT2D eigenvalue weighted by atomic mass is 79.9. The van der Waals surface area contributed by atoms with Crippen LogP contribution in [0.4, 0.5) is 16.2 Å². The molecule has 33 heavy (non-hydrogen) atoms. The van der Waals surface area contributed by atoms with Gasteiger partial charge in [-0.3, -0.25) is 9.59 Å². The lowest BCUT2D eigenvalue weighted by atomic mass is 9.96. The zero-order valence-corrected chi connectivity index (χ0v) is 21.5. The monoisotopic (exact) mass is 576 g/mol. The number of carbonyl (C=O) groups is 3. The average Bonchev–Trinajstić information content (AvgIpc) is 2.81. The molecule has 4 rings (SSSR count). The molecule has 1 atom stereocenters. The number of nitrogens with zero attached hydrogens (tertiary/aromatic N) is 2. The number of hydrogen-bond donors (Lipinski definition) is 2. The van der Waals surface area contributed by atoms with Gasteiger partial charge in [0.2, 0.25) is 5.91 Å². The molecule has 1 saturated heterocycles. The Hall–Kier alpha value is -2.39. The minimum absolute atomic E-state index is 0.0242. The number of halogens is 2. The number of rotatable bonds is 5. The van der Waals surface area contributed by atoms with Gasteiger partial charge in [0.1, 0.15) is 0 Å². The molecule has 2 heterocycles. The van der Waals surface area contributed by atoms with Gasteiger partial charge in [0.15, 0.2) is 5.78 Å². The van der Waals surface area contributed by atoms with Crippen molar-refractivity contribution in [2.24, 2.45) is 5.92 Å². The first-order valence-corrected chi connectivity index (χ1v) is 12.5. The van der Waals surface area contributed by atoms with Gasteiger partial charge in [-0.15, -0.1) is 0 Å². The molecule has 0 spiro atoms. The highest BCUT2D eigenvalue weighted by Gasteiger charge is 2.33. The van der Waals surface area contributed by atoms with Crippen molar-refractivity contribution in [1.29, 1.82) is 0 Å². The van der Waals surface area contributed by atoms with E-state index in [-0.39, 0.29) is 30.2 Å². The lowest BCUT2D eigenvalue weighted by Gasteiger charge is -2.41. The molecule has 1 fully saturated rings. The molecule has 7 nitrogen and oxygen atoms in total. The van der Waals surface area contributed by atoms with Gasteiger partial charge in [0, 0.05) is 58.2 Å². The van der Waals surface area contributed by atoms with E-state index >= 15 is 0 Å². The topological polar surface area (TPSA) is 95.7 Å². The number of Topliss-reactive ketones (excluding diaryl/α,β-unsaturated/α-hetero) is 1. The smallest absolute Gasteiger partial charge is 0.322 e. The Morgan fingerprint density at radius 2 is 1.79 bits per heavy atom. The molecule has 2 aromatic carbocycles. The summed E-state index contributed by atoms with van der Waals surface area (Å²) in [6.07, 6.45) is 1.58. The SMILES string of the molecule is CC(CC(=O)c1cc(Br)c(N)c(Br)c1)C(=O)N1CCC(N2Cc3ccccc3NC2=O)CC1. The maximum Gasteiger partial charge on any atom is 0.322 e. The van der Waals surface area contributed by atoms with E-state index < -0.39 is 5.92 Å². The number of piperidine rings is 1. The molecule has 1 unspecified atom stereocenters. The van der Waals surface area contributed by atoms with Gasteiger partial charge in [0.05, 0.1) is 5.69 Å². The van der Waals surface area contributed by atoms with Gasteiger partial charge in [-0.2, -0.15) is 0 Å². The number of nitrogen functional groups attached to an aromatic ring is 1. The predicted molar refractivity (Wildman–Crippen MR) is 135 cm³/mol. The molecular formula is C24H26Br2N4O3. The fourth-order valence-corrected chi connectivity index (χ4v) is 5.64. The van der Waals surface area contributed by atoms with E-state index in [4.69, 9.17) is 5.73 Å². The lowest BCUT2D eigenvalue weighted by molar-refractivity contribution is -0.136. The first-order valence-electron chi connectivity index (χ1n) is 11.0. The summed E-state index contributed by atoms with van der Waals surface area (Å²) in [4.78, 5) is 42.0. The fraction of sp³-hybridized carbons (Fsp3) is 0.375. The zero-order chi connectivity index (χ0) is 23.7. The van der Waals surface area contributed by atoms with Crippen molar-refractivity contribution in [2.45, 2.75) is 38.8 Å². The van der Waals surface area contributed by atoms with Crippen molar-refractivity contribution in [3.05, 3.63) is 56.5 Å². The Morgan fingerprint density at radius 1 is 1.15 bits per heavy atom. The van der Waals surface area contributed by atoms with Crippen molar-refractivity contribution in [3.8, 4) is 0 Å². The number of hydrogen-bond acceptors (Lipinski definition) is 4. The van der Waals surface area contributed by atoms with E-state index in [1.807, 2.05) is 34.1 Å². The second-order valence-electron chi connectivity index (χ2n) is 8.65. The van der Waals surface area contributed by atoms with Crippen LogP contribution in [0.5, 0.6) is 0 Å². The van der Waals surface area contributed by atoms with Gasteiger partial charge in [0.25, 0.3) is 0 Å². The summed E-state index contributed by atoms with van der Waals surface area (Å²) in [6.45, 7) is 3.53. The van der Waals surface area contributed by atoms with Crippen molar-refractivity contribution in [2.75, 3.05) is 24.1 Å². The molecule has 174 valence electrons. The van der Waals surface area contributed by atoms with Crippen LogP contribution in [0.1, 0.15) is 42.1 Å². The molecule has 2 aliphatic rings. The Kier molecular flexibility index (Phi) is 7.09. The van der Waals surface area contributed by atoms with Crippen molar-refractivity contribution >= 4 is 61.0 Å². The molecule has 9 heteroatoms. The molecule has 0 aromatic heterocycles. The summed E-state index contributed by atoms with van der Waals surface area (Å²) in [5.41, 5.74) is 8.91. The van der Waals surface area contributed by atoms with E-state index in [0.29, 0.717) is 39.8 Å². The van der Waals surface area contributed by atoms with Crippen LogP contribution in [0, 0.1) is 5.92 Å². The number of fused-ring (bicyclic) bond motifs is 1. The normalized spacial score (nSPS) is 17.4. The average molecular weight is 578 g/mol. The highest BCUT2D eigenvalue weighted by Crippen LogP contribution is 2.31. The minimum atomic E-state index is -0.422. The molecule has 2 aromatic rings. The number of amides is 3. The standard InChI is InChI=1S/C24H26Br2N4O3/c1-14(10-21(31)16-11-18(25)22(27)19(26)12-16)23(32)29-8-6-17(7-9-29)30-13-15-4-2-3-5-20(15)28-24(30)33/h2-5,11-12,14,17H,6-10,13,27H2,1H3,(H,28,33). The third-order valence-electron chi connectivity index (χ3n) is 6.39. The number of ketones is 1. The molecule has 3 N–H and O–H groups in total. The van der Waals surface area contributed by atoms with Crippen LogP contribution in [0.3, 0.4) is 0 Å². The molecule has 0 saturated carbocycles. The lowest BCUT2D eigenvalue weighted by Crippen LogP contribution is -2.51. The fourth-order valence-electron chi connectivity index (χ4n) is 4.46. The molecule has 0 radical (unpaired) electrons. The Morgan fingerprint density at radius 3 is 2.45 bits per heavy atom. The van der Waals surface area contributed by atoms with Gasteiger partial charge in [-0.05, 0) is 68.5 Å². The predicted octanol–water partition coefficient (Wildman–Crippen LogP) is 5.04. The van der Waals surface area contributed by atoms with E-state index in [1.54, 1.807) is 19.1 Å². The maximum atomic E-state index is 13.0. The number of nitrogens with two attached hydrogens (primary N) is 1. The summed E-state index contributed by atoms with van der Waals surface area (Å²) < 4.78 is 1.29. The molecule has 0 aliphatic carbocycles. The zero-order valence-electron chi connectivity index (χ0n) is 18.3. The summed E-state index contributed by atoms with van der Waals surface area (Å²) >= 11 is 6.72. The van der Waals surface area contributed by atoms with Crippen LogP contribution in [0.15, 0.2) is 45.3 Å². The molecule has 0 bridgehead atoms. The van der Waals surface area contributed by atoms with E-state index in [9.17, 15) is 14.4 Å². The first kappa shape index (κ1) is 23.8. The van der Waals surface area contributed by atoms with Gasteiger partial charge in [-0.25, -0.2) is 4.79 Å². The summed E-state index contributed by atoms with van der Waals surface area (Å²) in [5, 5.41) is 2.96. The Bertz CT molecular complexity index is 1080.